The first kappa shape index (κ1) is 18.4. The van der Waals surface area contributed by atoms with E-state index in [4.69, 9.17) is 4.74 Å². The highest BCUT2D eigenvalue weighted by Crippen LogP contribution is 2.21. The lowest BCUT2D eigenvalue weighted by Crippen LogP contribution is -2.43. The molecule has 6 nitrogen and oxygen atoms in total. The highest BCUT2D eigenvalue weighted by atomic mass is 16.5. The first-order valence-corrected chi connectivity index (χ1v) is 9.38. The van der Waals surface area contributed by atoms with Crippen molar-refractivity contribution in [3.05, 3.63) is 30.1 Å². The molecule has 1 saturated heterocycles. The number of likely N-dealkylation sites (tertiary alicyclic amines) is 1. The third-order valence-corrected chi connectivity index (χ3v) is 4.92. The van der Waals surface area contributed by atoms with Gasteiger partial charge < -0.3 is 14.2 Å². The molecule has 3 rings (SSSR count). The second kappa shape index (κ2) is 7.89. The zero-order valence-electron chi connectivity index (χ0n) is 15.8. The van der Waals surface area contributed by atoms with Crippen LogP contribution in [0.1, 0.15) is 38.9 Å². The zero-order valence-corrected chi connectivity index (χ0v) is 15.8. The third kappa shape index (κ3) is 3.74. The summed E-state index contributed by atoms with van der Waals surface area (Å²) in [7, 11) is 0. The number of aryl methyl sites for hydroxylation is 2. The van der Waals surface area contributed by atoms with Crippen LogP contribution >= 0.6 is 0 Å². The summed E-state index contributed by atoms with van der Waals surface area (Å²) < 4.78 is 7.62. The molecular weight excluding hydrogens is 330 g/mol. The van der Waals surface area contributed by atoms with Crippen molar-refractivity contribution in [3.63, 3.8) is 0 Å². The van der Waals surface area contributed by atoms with E-state index in [0.29, 0.717) is 19.6 Å². The Bertz CT molecular complexity index is 797. The zero-order chi connectivity index (χ0) is 18.7. The number of benzene rings is 1. The minimum atomic E-state index is -0.416. The molecule has 0 aliphatic carbocycles. The highest BCUT2D eigenvalue weighted by Gasteiger charge is 2.35. The van der Waals surface area contributed by atoms with Gasteiger partial charge in [0.2, 0.25) is 5.91 Å². The number of ether oxygens (including phenoxy) is 1. The Labute approximate surface area is 154 Å². The second-order valence-electron chi connectivity index (χ2n) is 7.16. The summed E-state index contributed by atoms with van der Waals surface area (Å²) in [6.45, 7) is 7.46. The van der Waals surface area contributed by atoms with Crippen molar-refractivity contribution in [1.29, 1.82) is 0 Å². The molecule has 1 amide bonds. The van der Waals surface area contributed by atoms with Crippen LogP contribution in [0.4, 0.5) is 0 Å². The van der Waals surface area contributed by atoms with Gasteiger partial charge in [0.05, 0.1) is 17.6 Å². The Morgan fingerprint density at radius 2 is 2.08 bits per heavy atom. The summed E-state index contributed by atoms with van der Waals surface area (Å²) in [5.41, 5.74) is 2.08. The standard InChI is InChI=1S/C20H27N3O3/c1-14(2)19(24)23-11-6-10-18(23)20(25)26-13-7-12-22-15(3)21-16-8-4-5-9-17(16)22/h4-5,8-9,14,18H,6-7,10-13H2,1-3H3. The quantitative estimate of drug-likeness (QED) is 0.589. The number of imidazole rings is 1. The maximum Gasteiger partial charge on any atom is 0.328 e. The molecule has 1 aliphatic rings. The van der Waals surface area contributed by atoms with Gasteiger partial charge in [0, 0.05) is 19.0 Å². The average Bonchev–Trinajstić information content (AvgIpc) is 3.22. The van der Waals surface area contributed by atoms with Gasteiger partial charge in [-0.25, -0.2) is 9.78 Å². The minimum absolute atomic E-state index is 0.0324. The number of nitrogens with zero attached hydrogens (tertiary/aromatic N) is 3. The molecule has 1 aliphatic heterocycles. The lowest BCUT2D eigenvalue weighted by molar-refractivity contribution is -0.154. The first-order chi connectivity index (χ1) is 12.5. The van der Waals surface area contributed by atoms with E-state index in [0.717, 1.165) is 36.2 Å². The van der Waals surface area contributed by atoms with Crippen LogP contribution in [-0.4, -0.2) is 45.5 Å². The Kier molecular flexibility index (Phi) is 5.59. The Balaban J connectivity index is 1.52. The lowest BCUT2D eigenvalue weighted by atomic mass is 10.1. The molecule has 1 unspecified atom stereocenters. The summed E-state index contributed by atoms with van der Waals surface area (Å²) in [4.78, 5) is 30.8. The Hall–Kier alpha value is -2.37. The molecule has 2 heterocycles. The summed E-state index contributed by atoms with van der Waals surface area (Å²) in [6, 6.07) is 7.61. The van der Waals surface area contributed by atoms with E-state index in [2.05, 4.69) is 15.6 Å². The van der Waals surface area contributed by atoms with Crippen molar-refractivity contribution in [2.45, 2.75) is 52.6 Å². The van der Waals surface area contributed by atoms with Crippen LogP contribution < -0.4 is 0 Å². The lowest BCUT2D eigenvalue weighted by Gasteiger charge is -2.25. The molecule has 1 atom stereocenters. The van der Waals surface area contributed by atoms with Gasteiger partial charge in [-0.05, 0) is 38.3 Å². The van der Waals surface area contributed by atoms with Crippen molar-refractivity contribution >= 4 is 22.9 Å². The van der Waals surface area contributed by atoms with Gasteiger partial charge in [-0.2, -0.15) is 0 Å². The van der Waals surface area contributed by atoms with Gasteiger partial charge in [0.25, 0.3) is 0 Å². The van der Waals surface area contributed by atoms with Crippen LogP contribution in [-0.2, 0) is 20.9 Å². The number of para-hydroxylation sites is 2. The molecule has 1 aromatic heterocycles. The van der Waals surface area contributed by atoms with Crippen LogP contribution in [0.5, 0.6) is 0 Å². The summed E-state index contributed by atoms with van der Waals surface area (Å²) in [5, 5.41) is 0. The topological polar surface area (TPSA) is 64.4 Å². The maximum atomic E-state index is 12.4. The SMILES string of the molecule is Cc1nc2ccccc2n1CCCOC(=O)C1CCCN1C(=O)C(C)C. The number of fused-ring (bicyclic) bond motifs is 1. The fourth-order valence-electron chi connectivity index (χ4n) is 3.58. The van der Waals surface area contributed by atoms with E-state index in [9.17, 15) is 9.59 Å². The number of esters is 1. The Morgan fingerprint density at radius 1 is 1.31 bits per heavy atom. The smallest absolute Gasteiger partial charge is 0.328 e. The van der Waals surface area contributed by atoms with Crippen molar-refractivity contribution < 1.29 is 14.3 Å². The number of rotatable bonds is 6. The monoisotopic (exact) mass is 357 g/mol. The fraction of sp³-hybridized carbons (Fsp3) is 0.550. The third-order valence-electron chi connectivity index (χ3n) is 4.92. The van der Waals surface area contributed by atoms with Crippen LogP contribution in [0, 0.1) is 12.8 Å². The highest BCUT2D eigenvalue weighted by molar-refractivity contribution is 5.86. The van der Waals surface area contributed by atoms with Gasteiger partial charge in [0.1, 0.15) is 11.9 Å². The molecule has 0 saturated carbocycles. The van der Waals surface area contributed by atoms with Crippen molar-refractivity contribution in [1.82, 2.24) is 14.5 Å². The van der Waals surface area contributed by atoms with E-state index in [1.54, 1.807) is 4.90 Å². The van der Waals surface area contributed by atoms with E-state index >= 15 is 0 Å². The van der Waals surface area contributed by atoms with Crippen LogP contribution in [0.25, 0.3) is 11.0 Å². The van der Waals surface area contributed by atoms with E-state index in [-0.39, 0.29) is 17.8 Å². The number of hydrogen-bond acceptors (Lipinski definition) is 4. The van der Waals surface area contributed by atoms with Crippen LogP contribution in [0.2, 0.25) is 0 Å². The number of carbonyl (C=O) groups excluding carboxylic acids is 2. The number of carbonyl (C=O) groups is 2. The number of amides is 1. The van der Waals surface area contributed by atoms with Gasteiger partial charge in [-0.1, -0.05) is 26.0 Å². The van der Waals surface area contributed by atoms with Crippen LogP contribution in [0.15, 0.2) is 24.3 Å². The van der Waals surface area contributed by atoms with Gasteiger partial charge in [-0.3, -0.25) is 4.79 Å². The van der Waals surface area contributed by atoms with Crippen LogP contribution in [0.3, 0.4) is 0 Å². The largest absolute Gasteiger partial charge is 0.464 e. The second-order valence-corrected chi connectivity index (χ2v) is 7.16. The van der Waals surface area contributed by atoms with E-state index in [1.165, 1.54) is 0 Å². The van der Waals surface area contributed by atoms with Crippen molar-refractivity contribution in [2.24, 2.45) is 5.92 Å². The molecule has 1 aromatic carbocycles. The molecule has 2 aromatic rings. The molecule has 26 heavy (non-hydrogen) atoms. The first-order valence-electron chi connectivity index (χ1n) is 9.38. The molecule has 0 bridgehead atoms. The summed E-state index contributed by atoms with van der Waals surface area (Å²) in [6.07, 6.45) is 2.28. The number of hydrogen-bond donors (Lipinski definition) is 0. The van der Waals surface area contributed by atoms with E-state index in [1.807, 2.05) is 39.0 Å². The molecular formula is C20H27N3O3. The van der Waals surface area contributed by atoms with Crippen molar-refractivity contribution in [2.75, 3.05) is 13.2 Å². The average molecular weight is 357 g/mol. The molecule has 1 fully saturated rings. The Morgan fingerprint density at radius 3 is 2.85 bits per heavy atom. The van der Waals surface area contributed by atoms with Gasteiger partial charge >= 0.3 is 5.97 Å². The van der Waals surface area contributed by atoms with Gasteiger partial charge in [0.15, 0.2) is 0 Å². The van der Waals surface area contributed by atoms with Gasteiger partial charge in [-0.15, -0.1) is 0 Å². The van der Waals surface area contributed by atoms with Crippen molar-refractivity contribution in [3.8, 4) is 0 Å². The minimum Gasteiger partial charge on any atom is -0.464 e. The summed E-state index contributed by atoms with van der Waals surface area (Å²) in [5.74, 6) is 0.622. The maximum absolute atomic E-state index is 12.4. The molecule has 6 heteroatoms. The molecule has 0 spiro atoms. The predicted octanol–water partition coefficient (Wildman–Crippen LogP) is 2.93. The molecule has 140 valence electrons. The molecule has 0 radical (unpaired) electrons. The normalized spacial score (nSPS) is 17.2. The summed E-state index contributed by atoms with van der Waals surface area (Å²) >= 11 is 0. The fourth-order valence-corrected chi connectivity index (χ4v) is 3.58. The predicted molar refractivity (Wildman–Crippen MR) is 99.6 cm³/mol. The molecule has 0 N–H and O–H groups in total. The van der Waals surface area contributed by atoms with E-state index < -0.39 is 6.04 Å². The number of aromatic nitrogens is 2.